The second kappa shape index (κ2) is 4.81. The summed E-state index contributed by atoms with van der Waals surface area (Å²) >= 11 is 3.40. The molecular formula is C12H10BrNO3. The molecule has 1 aromatic carbocycles. The highest BCUT2D eigenvalue weighted by Crippen LogP contribution is 2.29. The maximum absolute atomic E-state index is 11.3. The third kappa shape index (κ3) is 2.16. The number of carbonyl (C=O) groups is 1. The number of fused-ring (bicyclic) bond motifs is 1. The van der Waals surface area contributed by atoms with Crippen LogP contribution in [0.4, 0.5) is 0 Å². The summed E-state index contributed by atoms with van der Waals surface area (Å²) in [6.45, 7) is 0. The molecule has 0 saturated carbocycles. The van der Waals surface area contributed by atoms with Gasteiger partial charge in [0.1, 0.15) is 0 Å². The van der Waals surface area contributed by atoms with E-state index in [-0.39, 0.29) is 0 Å². The van der Waals surface area contributed by atoms with Crippen LogP contribution in [0.1, 0.15) is 11.7 Å². The third-order valence-corrected chi connectivity index (χ3v) is 3.16. The van der Waals surface area contributed by atoms with E-state index in [1.165, 1.54) is 7.11 Å². The van der Waals surface area contributed by atoms with Crippen LogP contribution in [0.5, 0.6) is 0 Å². The second-order valence-electron chi connectivity index (χ2n) is 3.46. The number of ether oxygens (including phenoxy) is 1. The maximum Gasteiger partial charge on any atom is 0.339 e. The smallest absolute Gasteiger partial charge is 0.339 e. The van der Waals surface area contributed by atoms with Gasteiger partial charge in [-0.3, -0.25) is 4.98 Å². The zero-order valence-corrected chi connectivity index (χ0v) is 10.6. The van der Waals surface area contributed by atoms with Crippen molar-refractivity contribution in [2.75, 3.05) is 7.11 Å². The number of rotatable bonds is 2. The summed E-state index contributed by atoms with van der Waals surface area (Å²) in [4.78, 5) is 15.5. The summed E-state index contributed by atoms with van der Waals surface area (Å²) in [5.41, 5.74) is 1.02. The number of methoxy groups -OCH3 is 1. The molecule has 0 aliphatic heterocycles. The van der Waals surface area contributed by atoms with Crippen molar-refractivity contribution in [2.24, 2.45) is 0 Å². The molecule has 5 heteroatoms. The van der Waals surface area contributed by atoms with E-state index in [2.05, 4.69) is 25.7 Å². The van der Waals surface area contributed by atoms with E-state index in [9.17, 15) is 9.90 Å². The normalized spacial score (nSPS) is 12.4. The Labute approximate surface area is 106 Å². The summed E-state index contributed by atoms with van der Waals surface area (Å²) in [7, 11) is 1.24. The van der Waals surface area contributed by atoms with Gasteiger partial charge >= 0.3 is 5.97 Å². The van der Waals surface area contributed by atoms with Gasteiger partial charge in [0.2, 0.25) is 0 Å². The minimum atomic E-state index is -1.31. The summed E-state index contributed by atoms with van der Waals surface area (Å²) in [5, 5.41) is 10.7. The highest BCUT2D eigenvalue weighted by atomic mass is 79.9. The number of aliphatic hydroxyl groups is 1. The number of nitrogens with zero attached hydrogens (tertiary/aromatic N) is 1. The lowest BCUT2D eigenvalue weighted by molar-refractivity contribution is -0.150. The Morgan fingerprint density at radius 3 is 2.94 bits per heavy atom. The Bertz CT molecular complexity index is 571. The van der Waals surface area contributed by atoms with Gasteiger partial charge in [-0.25, -0.2) is 4.79 Å². The number of halogens is 1. The van der Waals surface area contributed by atoms with E-state index in [1.54, 1.807) is 24.4 Å². The molecule has 2 rings (SSSR count). The van der Waals surface area contributed by atoms with Crippen LogP contribution in [-0.2, 0) is 9.53 Å². The van der Waals surface area contributed by atoms with E-state index in [0.29, 0.717) is 11.1 Å². The van der Waals surface area contributed by atoms with Gasteiger partial charge in [0.05, 0.1) is 12.6 Å². The monoisotopic (exact) mass is 295 g/mol. The van der Waals surface area contributed by atoms with Gasteiger partial charge in [0.15, 0.2) is 6.10 Å². The highest BCUT2D eigenvalue weighted by molar-refractivity contribution is 9.10. The van der Waals surface area contributed by atoms with Gasteiger partial charge in [-0.1, -0.05) is 28.1 Å². The van der Waals surface area contributed by atoms with Crippen LogP contribution >= 0.6 is 15.9 Å². The van der Waals surface area contributed by atoms with Gasteiger partial charge in [0.25, 0.3) is 0 Å². The number of aromatic nitrogens is 1. The fourth-order valence-electron chi connectivity index (χ4n) is 1.62. The number of hydrogen-bond acceptors (Lipinski definition) is 4. The van der Waals surface area contributed by atoms with Gasteiger partial charge < -0.3 is 9.84 Å². The number of hydrogen-bond donors (Lipinski definition) is 1. The van der Waals surface area contributed by atoms with Crippen molar-refractivity contribution in [2.45, 2.75) is 6.10 Å². The molecule has 17 heavy (non-hydrogen) atoms. The zero-order valence-electron chi connectivity index (χ0n) is 9.05. The number of carbonyl (C=O) groups excluding carboxylic acids is 1. The van der Waals surface area contributed by atoms with Gasteiger partial charge in [-0.05, 0) is 12.1 Å². The predicted octanol–water partition coefficient (Wildman–Crippen LogP) is 2.20. The fourth-order valence-corrected chi connectivity index (χ4v) is 2.07. The average molecular weight is 296 g/mol. The van der Waals surface area contributed by atoms with Crippen LogP contribution in [0.25, 0.3) is 10.9 Å². The van der Waals surface area contributed by atoms with Crippen LogP contribution in [0.3, 0.4) is 0 Å². The Hall–Kier alpha value is -1.46. The molecule has 0 fully saturated rings. The van der Waals surface area contributed by atoms with Crippen molar-refractivity contribution in [1.82, 2.24) is 4.98 Å². The molecular weight excluding hydrogens is 286 g/mol. The number of benzene rings is 1. The lowest BCUT2D eigenvalue weighted by atomic mass is 10.1. The van der Waals surface area contributed by atoms with E-state index in [0.717, 1.165) is 9.86 Å². The lowest BCUT2D eigenvalue weighted by Gasteiger charge is -2.11. The van der Waals surface area contributed by atoms with Crippen molar-refractivity contribution in [1.29, 1.82) is 0 Å². The molecule has 0 aliphatic rings. The van der Waals surface area contributed by atoms with Crippen molar-refractivity contribution in [3.8, 4) is 0 Å². The zero-order chi connectivity index (χ0) is 12.4. The van der Waals surface area contributed by atoms with Gasteiger partial charge in [-0.2, -0.15) is 0 Å². The first kappa shape index (κ1) is 12.0. The predicted molar refractivity (Wildman–Crippen MR) is 66.4 cm³/mol. The van der Waals surface area contributed by atoms with E-state index < -0.39 is 12.1 Å². The van der Waals surface area contributed by atoms with Crippen molar-refractivity contribution in [3.05, 3.63) is 40.5 Å². The molecule has 4 nitrogen and oxygen atoms in total. The third-order valence-electron chi connectivity index (χ3n) is 2.47. The molecule has 1 heterocycles. The minimum Gasteiger partial charge on any atom is -0.467 e. The van der Waals surface area contributed by atoms with Crippen molar-refractivity contribution >= 4 is 32.8 Å². The van der Waals surface area contributed by atoms with Crippen molar-refractivity contribution in [3.63, 3.8) is 0 Å². The average Bonchev–Trinajstić information content (AvgIpc) is 2.38. The molecule has 0 spiro atoms. The quantitative estimate of drug-likeness (QED) is 0.863. The molecule has 0 radical (unpaired) electrons. The van der Waals surface area contributed by atoms with E-state index in [4.69, 9.17) is 0 Å². The number of esters is 1. The summed E-state index contributed by atoms with van der Waals surface area (Å²) in [6.07, 6.45) is 0.299. The Morgan fingerprint density at radius 2 is 2.24 bits per heavy atom. The lowest BCUT2D eigenvalue weighted by Crippen LogP contribution is -2.14. The van der Waals surface area contributed by atoms with Crippen molar-refractivity contribution < 1.29 is 14.6 Å². The van der Waals surface area contributed by atoms with Gasteiger partial charge in [-0.15, -0.1) is 0 Å². The summed E-state index contributed by atoms with van der Waals surface area (Å²) < 4.78 is 5.38. The topological polar surface area (TPSA) is 59.4 Å². The van der Waals surface area contributed by atoms with Crippen LogP contribution in [0.15, 0.2) is 34.9 Å². The molecule has 1 atom stereocenters. The minimum absolute atomic E-state index is 0.440. The van der Waals surface area contributed by atoms with Crippen LogP contribution in [0, 0.1) is 0 Å². The fraction of sp³-hybridized carbons (Fsp3) is 0.167. The van der Waals surface area contributed by atoms with Gasteiger partial charge in [0, 0.05) is 21.6 Å². The first-order valence-electron chi connectivity index (χ1n) is 4.94. The molecule has 0 saturated heterocycles. The standard InChI is InChI=1S/C12H10BrNO3/c1-17-12(16)11(15)8-4-5-9(13)7-3-2-6-14-10(7)8/h2-6,11,15H,1H3. The molecule has 2 aromatic rings. The van der Waals surface area contributed by atoms with E-state index in [1.807, 2.05) is 6.07 Å². The first-order chi connectivity index (χ1) is 8.15. The largest absolute Gasteiger partial charge is 0.467 e. The Morgan fingerprint density at radius 1 is 1.47 bits per heavy atom. The van der Waals surface area contributed by atoms with E-state index >= 15 is 0 Å². The van der Waals surface area contributed by atoms with Crippen LogP contribution < -0.4 is 0 Å². The molecule has 1 unspecified atom stereocenters. The van der Waals surface area contributed by atoms with Crippen LogP contribution in [0.2, 0.25) is 0 Å². The highest BCUT2D eigenvalue weighted by Gasteiger charge is 2.21. The molecule has 0 aliphatic carbocycles. The molecule has 1 aromatic heterocycles. The summed E-state index contributed by atoms with van der Waals surface area (Å²) in [5.74, 6) is -0.695. The SMILES string of the molecule is COC(=O)C(O)c1ccc(Br)c2cccnc12. The molecule has 0 amide bonds. The maximum atomic E-state index is 11.3. The number of aliphatic hydroxyl groups excluding tert-OH is 1. The summed E-state index contributed by atoms with van der Waals surface area (Å²) in [6, 6.07) is 7.08. The Kier molecular flexibility index (Phi) is 3.40. The first-order valence-corrected chi connectivity index (χ1v) is 5.73. The molecule has 0 bridgehead atoms. The number of pyridine rings is 1. The molecule has 1 N–H and O–H groups in total. The molecule has 88 valence electrons. The Balaban J connectivity index is 2.63. The second-order valence-corrected chi connectivity index (χ2v) is 4.32. The van der Waals surface area contributed by atoms with Crippen LogP contribution in [-0.4, -0.2) is 23.2 Å².